The van der Waals surface area contributed by atoms with Crippen molar-refractivity contribution >= 4 is 23.5 Å². The Morgan fingerprint density at radius 3 is 1.80 bits per heavy atom. The molecule has 49 heavy (non-hydrogen) atoms. The zero-order valence-electron chi connectivity index (χ0n) is 28.1. The highest BCUT2D eigenvalue weighted by Gasteiger charge is 2.42. The van der Waals surface area contributed by atoms with E-state index < -0.39 is 24.3 Å². The molecule has 2 aliphatic rings. The van der Waals surface area contributed by atoms with Crippen LogP contribution in [0, 0.1) is 11.3 Å². The van der Waals surface area contributed by atoms with Crippen LogP contribution in [-0.4, -0.2) is 96.1 Å². The number of amides is 1. The summed E-state index contributed by atoms with van der Waals surface area (Å²) in [6.07, 6.45) is -6.72. The molecule has 2 N–H and O–H groups in total. The number of benzene rings is 2. The van der Waals surface area contributed by atoms with Gasteiger partial charge in [-0.25, -0.2) is 9.59 Å². The molecule has 274 valence electrons. The highest BCUT2D eigenvalue weighted by molar-refractivity contribution is 5.94. The molecule has 2 aliphatic heterocycles. The number of para-hydroxylation sites is 1. The standard InChI is InChI=1S/C30H43N3O2.2C2HF3O2/c1-5-32(6-2)27-13-11-25(12-14-27)29(34)33-20-17-30(23-33)15-18-31(19-16-30)21-26-9-7-8-10-28(26)35-22-24(3)4;2*3-2(4,5)1(6)7/h7-14,24H,5-6,15-23H2,1-4H3;2*(H,6,7). The molecular weight excluding hydrogens is 660 g/mol. The van der Waals surface area contributed by atoms with Crippen LogP contribution in [0.1, 0.15) is 62.9 Å². The second kappa shape index (κ2) is 18.1. The van der Waals surface area contributed by atoms with Crippen molar-refractivity contribution in [3.8, 4) is 5.75 Å². The average molecular weight is 706 g/mol. The summed E-state index contributed by atoms with van der Waals surface area (Å²) in [6, 6.07) is 16.6. The summed E-state index contributed by atoms with van der Waals surface area (Å²) < 4.78 is 69.5. The number of hydrogen-bond donors (Lipinski definition) is 2. The van der Waals surface area contributed by atoms with Gasteiger partial charge in [-0.3, -0.25) is 9.69 Å². The van der Waals surface area contributed by atoms with Gasteiger partial charge in [0.15, 0.2) is 0 Å². The highest BCUT2D eigenvalue weighted by Crippen LogP contribution is 2.41. The third-order valence-corrected chi connectivity index (χ3v) is 8.31. The number of carboxylic acids is 2. The van der Waals surface area contributed by atoms with E-state index in [1.807, 2.05) is 12.1 Å². The molecule has 0 radical (unpaired) electrons. The molecule has 0 saturated carbocycles. The van der Waals surface area contributed by atoms with Crippen molar-refractivity contribution in [2.75, 3.05) is 50.8 Å². The van der Waals surface area contributed by atoms with Crippen LogP contribution in [0.25, 0.3) is 0 Å². The molecule has 2 aromatic carbocycles. The molecule has 9 nitrogen and oxygen atoms in total. The maximum absolute atomic E-state index is 13.2. The summed E-state index contributed by atoms with van der Waals surface area (Å²) in [4.78, 5) is 38.0. The van der Waals surface area contributed by atoms with E-state index in [2.05, 4.69) is 78.8 Å². The van der Waals surface area contributed by atoms with Crippen LogP contribution in [0.4, 0.5) is 32.0 Å². The number of aliphatic carboxylic acids is 2. The van der Waals surface area contributed by atoms with Gasteiger partial charge >= 0.3 is 24.3 Å². The lowest BCUT2D eigenvalue weighted by atomic mass is 9.77. The Hall–Kier alpha value is -4.01. The number of carbonyl (C=O) groups excluding carboxylic acids is 1. The summed E-state index contributed by atoms with van der Waals surface area (Å²) in [6.45, 7) is 16.3. The number of carbonyl (C=O) groups is 3. The fourth-order valence-corrected chi connectivity index (χ4v) is 5.56. The number of alkyl halides is 6. The number of piperidine rings is 1. The molecule has 0 bridgehead atoms. The van der Waals surface area contributed by atoms with Gasteiger partial charge in [0.1, 0.15) is 5.75 Å². The molecule has 0 unspecified atom stereocenters. The average Bonchev–Trinajstić information content (AvgIpc) is 3.45. The van der Waals surface area contributed by atoms with Gasteiger partial charge < -0.3 is 24.7 Å². The van der Waals surface area contributed by atoms with Crippen molar-refractivity contribution in [2.45, 2.75) is 65.9 Å². The van der Waals surface area contributed by atoms with Crippen LogP contribution >= 0.6 is 0 Å². The third kappa shape index (κ3) is 13.1. The number of likely N-dealkylation sites (tertiary alicyclic amines) is 2. The lowest BCUT2D eigenvalue weighted by Crippen LogP contribution is -2.42. The van der Waals surface area contributed by atoms with Crippen molar-refractivity contribution in [3.05, 3.63) is 59.7 Å². The number of ether oxygens (including phenoxy) is 1. The highest BCUT2D eigenvalue weighted by atomic mass is 19.4. The van der Waals surface area contributed by atoms with Crippen LogP contribution in [0.5, 0.6) is 5.75 Å². The van der Waals surface area contributed by atoms with E-state index in [1.165, 1.54) is 11.3 Å². The minimum absolute atomic E-state index is 0.187. The second-order valence-corrected chi connectivity index (χ2v) is 12.4. The molecule has 2 fully saturated rings. The van der Waals surface area contributed by atoms with E-state index in [1.54, 1.807) is 0 Å². The van der Waals surface area contributed by atoms with Crippen molar-refractivity contribution in [3.63, 3.8) is 0 Å². The van der Waals surface area contributed by atoms with E-state index in [0.717, 1.165) is 83.0 Å². The maximum atomic E-state index is 13.2. The summed E-state index contributed by atoms with van der Waals surface area (Å²) in [7, 11) is 0. The van der Waals surface area contributed by atoms with Crippen LogP contribution < -0.4 is 9.64 Å². The largest absolute Gasteiger partial charge is 0.493 e. The van der Waals surface area contributed by atoms with Gasteiger partial charge in [-0.05, 0) is 87.9 Å². The molecule has 2 aromatic rings. The lowest BCUT2D eigenvalue weighted by molar-refractivity contribution is -0.193. The lowest BCUT2D eigenvalue weighted by Gasteiger charge is -2.39. The number of carboxylic acid groups (broad SMARTS) is 2. The Kier molecular flexibility index (Phi) is 15.2. The van der Waals surface area contributed by atoms with Crippen molar-refractivity contribution in [2.24, 2.45) is 11.3 Å². The van der Waals surface area contributed by atoms with Crippen LogP contribution in [0.15, 0.2) is 48.5 Å². The zero-order chi connectivity index (χ0) is 37.0. The van der Waals surface area contributed by atoms with E-state index in [-0.39, 0.29) is 11.3 Å². The molecule has 15 heteroatoms. The maximum Gasteiger partial charge on any atom is 0.490 e. The molecule has 0 atom stereocenters. The van der Waals surface area contributed by atoms with Crippen LogP contribution in [0.2, 0.25) is 0 Å². The molecule has 1 spiro atoms. The normalized spacial score (nSPS) is 15.9. The van der Waals surface area contributed by atoms with E-state index in [4.69, 9.17) is 24.5 Å². The number of rotatable bonds is 9. The quantitative estimate of drug-likeness (QED) is 0.270. The zero-order valence-corrected chi connectivity index (χ0v) is 28.1. The summed E-state index contributed by atoms with van der Waals surface area (Å²) >= 11 is 0. The van der Waals surface area contributed by atoms with Gasteiger partial charge in [-0.15, -0.1) is 0 Å². The Morgan fingerprint density at radius 2 is 1.33 bits per heavy atom. The van der Waals surface area contributed by atoms with Gasteiger partial charge in [0.05, 0.1) is 6.61 Å². The molecule has 0 aliphatic carbocycles. The molecule has 2 saturated heterocycles. The monoisotopic (exact) mass is 705 g/mol. The first kappa shape index (κ1) is 41.2. The van der Waals surface area contributed by atoms with Gasteiger partial charge in [-0.2, -0.15) is 26.3 Å². The van der Waals surface area contributed by atoms with Crippen molar-refractivity contribution in [1.82, 2.24) is 9.80 Å². The molecule has 4 rings (SSSR count). The predicted molar refractivity (Wildman–Crippen MR) is 172 cm³/mol. The van der Waals surface area contributed by atoms with Gasteiger partial charge in [0.2, 0.25) is 0 Å². The first-order valence-corrected chi connectivity index (χ1v) is 16.0. The first-order valence-electron chi connectivity index (χ1n) is 16.0. The topological polar surface area (TPSA) is 111 Å². The third-order valence-electron chi connectivity index (χ3n) is 8.31. The molecule has 1 amide bonds. The van der Waals surface area contributed by atoms with E-state index in [0.29, 0.717) is 5.92 Å². The van der Waals surface area contributed by atoms with Crippen LogP contribution in [-0.2, 0) is 16.1 Å². The SMILES string of the molecule is CCN(CC)c1ccc(C(=O)N2CCC3(CCN(Cc4ccccc4OCC(C)C)CC3)C2)cc1.O=C(O)C(F)(F)F.O=C(O)C(F)(F)F. The number of anilines is 1. The summed E-state index contributed by atoms with van der Waals surface area (Å²) in [5, 5.41) is 14.2. The summed E-state index contributed by atoms with van der Waals surface area (Å²) in [5.74, 6) is -3.79. The van der Waals surface area contributed by atoms with Gasteiger partial charge in [0, 0.05) is 49.5 Å². The summed E-state index contributed by atoms with van der Waals surface area (Å²) in [5.41, 5.74) is 3.56. The Labute approximate surface area is 282 Å². The van der Waals surface area contributed by atoms with Gasteiger partial charge in [0.25, 0.3) is 5.91 Å². The Morgan fingerprint density at radius 1 is 0.837 bits per heavy atom. The first-order chi connectivity index (χ1) is 22.8. The molecule has 0 aromatic heterocycles. The predicted octanol–water partition coefficient (Wildman–Crippen LogP) is 6.96. The Balaban J connectivity index is 0.000000500. The fraction of sp³-hybridized carbons (Fsp3) is 0.559. The van der Waals surface area contributed by atoms with Crippen LogP contribution in [0.3, 0.4) is 0 Å². The van der Waals surface area contributed by atoms with E-state index in [9.17, 15) is 31.1 Å². The van der Waals surface area contributed by atoms with Gasteiger partial charge in [-0.1, -0.05) is 32.0 Å². The fourth-order valence-electron chi connectivity index (χ4n) is 5.56. The van der Waals surface area contributed by atoms with E-state index >= 15 is 0 Å². The number of nitrogens with zero attached hydrogens (tertiary/aromatic N) is 3. The van der Waals surface area contributed by atoms with Crippen molar-refractivity contribution in [1.29, 1.82) is 0 Å². The number of halogens is 6. The Bertz CT molecular complexity index is 1330. The second-order valence-electron chi connectivity index (χ2n) is 12.4. The minimum atomic E-state index is -5.08. The molecule has 2 heterocycles. The smallest absolute Gasteiger partial charge is 0.490 e. The molecular formula is C34H45F6N3O6. The number of hydrogen-bond acceptors (Lipinski definition) is 6. The minimum Gasteiger partial charge on any atom is -0.493 e. The van der Waals surface area contributed by atoms with Crippen molar-refractivity contribution < 1.29 is 55.7 Å².